The largest absolute Gasteiger partial charge is 0.375 e. The summed E-state index contributed by atoms with van der Waals surface area (Å²) in [6.07, 6.45) is 3.34. The molecule has 2 atom stereocenters. The van der Waals surface area contributed by atoms with Gasteiger partial charge in [0.05, 0.1) is 0 Å². The summed E-state index contributed by atoms with van der Waals surface area (Å²) in [5.41, 5.74) is 2.73. The number of amides is 2. The quantitative estimate of drug-likeness (QED) is 0.803. The van der Waals surface area contributed by atoms with Gasteiger partial charge in [-0.15, -0.1) is 0 Å². The van der Waals surface area contributed by atoms with Crippen molar-refractivity contribution in [3.63, 3.8) is 0 Å². The third-order valence-electron chi connectivity index (χ3n) is 4.56. The minimum Gasteiger partial charge on any atom is -0.375 e. The van der Waals surface area contributed by atoms with E-state index in [4.69, 9.17) is 4.74 Å². The maximum Gasteiger partial charge on any atom is 0.246 e. The van der Waals surface area contributed by atoms with Crippen molar-refractivity contribution < 1.29 is 14.3 Å². The number of aryl methyl sites for hydroxylation is 1. The van der Waals surface area contributed by atoms with Crippen LogP contribution in [0.3, 0.4) is 0 Å². The van der Waals surface area contributed by atoms with E-state index >= 15 is 0 Å². The number of carbonyl (C=O) groups excluding carboxylic acids is 2. The van der Waals surface area contributed by atoms with Crippen LogP contribution in [0.1, 0.15) is 43.7 Å². The lowest BCUT2D eigenvalue weighted by atomic mass is 9.83. The Hall–Kier alpha value is -1.88. The van der Waals surface area contributed by atoms with Crippen molar-refractivity contribution >= 4 is 11.8 Å². The van der Waals surface area contributed by atoms with Crippen LogP contribution in [0.2, 0.25) is 0 Å². The van der Waals surface area contributed by atoms with Crippen molar-refractivity contribution in [3.05, 3.63) is 35.4 Å². The van der Waals surface area contributed by atoms with E-state index in [2.05, 4.69) is 34.9 Å². The zero-order chi connectivity index (χ0) is 17.5. The monoisotopic (exact) mass is 332 g/mol. The van der Waals surface area contributed by atoms with Crippen LogP contribution < -0.4 is 10.6 Å². The Morgan fingerprint density at radius 3 is 2.75 bits per heavy atom. The van der Waals surface area contributed by atoms with Crippen LogP contribution in [0.5, 0.6) is 0 Å². The van der Waals surface area contributed by atoms with Gasteiger partial charge in [0, 0.05) is 19.6 Å². The first-order valence-electron chi connectivity index (χ1n) is 8.66. The average Bonchev–Trinajstić information content (AvgIpc) is 2.57. The highest BCUT2D eigenvalue weighted by Gasteiger charge is 2.26. The van der Waals surface area contributed by atoms with E-state index in [0.717, 1.165) is 19.3 Å². The first kappa shape index (κ1) is 18.5. The molecule has 0 heterocycles. The van der Waals surface area contributed by atoms with Crippen LogP contribution in [0.4, 0.5) is 0 Å². The van der Waals surface area contributed by atoms with E-state index in [1.54, 1.807) is 0 Å². The smallest absolute Gasteiger partial charge is 0.246 e. The standard InChI is InChI=1S/C19H28N2O3/c1-13(2)18(21-17(22)12-24-3)19(23)20-11-15-9-6-8-14-7-4-5-10-16(14)15/h4-5,7,10,13,15,18H,6,8-9,11-12H2,1-3H3,(H,20,23)(H,21,22)/t15-,18-/m0/s1. The SMILES string of the molecule is COCC(=O)N[C@H](C(=O)NC[C@@H]1CCCc2ccccc21)C(C)C. The number of rotatable bonds is 7. The Bertz CT molecular complexity index is 571. The summed E-state index contributed by atoms with van der Waals surface area (Å²) in [5, 5.41) is 5.78. The number of benzene rings is 1. The van der Waals surface area contributed by atoms with Crippen molar-refractivity contribution in [1.29, 1.82) is 0 Å². The van der Waals surface area contributed by atoms with Crippen LogP contribution >= 0.6 is 0 Å². The summed E-state index contributed by atoms with van der Waals surface area (Å²) in [6.45, 7) is 4.42. The molecule has 0 spiro atoms. The summed E-state index contributed by atoms with van der Waals surface area (Å²) >= 11 is 0. The molecule has 2 rings (SSSR count). The van der Waals surface area contributed by atoms with Crippen LogP contribution in [-0.4, -0.2) is 38.1 Å². The zero-order valence-electron chi connectivity index (χ0n) is 14.8. The molecule has 0 aromatic heterocycles. The van der Waals surface area contributed by atoms with Gasteiger partial charge in [-0.05, 0) is 36.3 Å². The Kier molecular flexibility index (Phi) is 6.79. The van der Waals surface area contributed by atoms with Crippen molar-refractivity contribution in [2.45, 2.75) is 45.1 Å². The molecular formula is C19H28N2O3. The molecule has 0 aliphatic heterocycles. The van der Waals surface area contributed by atoms with E-state index in [1.807, 2.05) is 13.8 Å². The van der Waals surface area contributed by atoms with Crippen molar-refractivity contribution in [2.75, 3.05) is 20.3 Å². The van der Waals surface area contributed by atoms with E-state index < -0.39 is 6.04 Å². The highest BCUT2D eigenvalue weighted by molar-refractivity contribution is 5.88. The number of hydrogen-bond donors (Lipinski definition) is 2. The third-order valence-corrected chi connectivity index (χ3v) is 4.56. The molecule has 132 valence electrons. The summed E-state index contributed by atoms with van der Waals surface area (Å²) in [6, 6.07) is 7.92. The number of fused-ring (bicyclic) bond motifs is 1. The highest BCUT2D eigenvalue weighted by Crippen LogP contribution is 2.30. The lowest BCUT2D eigenvalue weighted by Crippen LogP contribution is -2.51. The number of methoxy groups -OCH3 is 1. The van der Waals surface area contributed by atoms with Gasteiger partial charge in [0.15, 0.2) is 0 Å². The molecule has 2 N–H and O–H groups in total. The van der Waals surface area contributed by atoms with E-state index in [9.17, 15) is 9.59 Å². The van der Waals surface area contributed by atoms with Crippen molar-refractivity contribution in [1.82, 2.24) is 10.6 Å². The molecule has 2 amide bonds. The Balaban J connectivity index is 1.95. The highest BCUT2D eigenvalue weighted by atomic mass is 16.5. The van der Waals surface area contributed by atoms with E-state index in [1.165, 1.54) is 18.2 Å². The molecule has 0 bridgehead atoms. The van der Waals surface area contributed by atoms with Crippen LogP contribution in [0, 0.1) is 5.92 Å². The molecular weight excluding hydrogens is 304 g/mol. The Morgan fingerprint density at radius 2 is 2.04 bits per heavy atom. The summed E-state index contributed by atoms with van der Waals surface area (Å²) in [5.74, 6) is -0.0299. The maximum absolute atomic E-state index is 12.5. The first-order chi connectivity index (χ1) is 11.5. The van der Waals surface area contributed by atoms with Gasteiger partial charge in [0.25, 0.3) is 0 Å². The van der Waals surface area contributed by atoms with Gasteiger partial charge in [-0.25, -0.2) is 0 Å². The van der Waals surface area contributed by atoms with Crippen LogP contribution in [0.15, 0.2) is 24.3 Å². The van der Waals surface area contributed by atoms with Gasteiger partial charge >= 0.3 is 0 Å². The van der Waals surface area contributed by atoms with Crippen LogP contribution in [0.25, 0.3) is 0 Å². The summed E-state index contributed by atoms with van der Waals surface area (Å²) < 4.78 is 4.81. The molecule has 0 unspecified atom stereocenters. The Morgan fingerprint density at radius 1 is 1.29 bits per heavy atom. The number of carbonyl (C=O) groups is 2. The second kappa shape index (κ2) is 8.83. The van der Waals surface area contributed by atoms with Gasteiger partial charge < -0.3 is 15.4 Å². The predicted molar refractivity (Wildman–Crippen MR) is 93.8 cm³/mol. The molecule has 24 heavy (non-hydrogen) atoms. The number of nitrogens with one attached hydrogen (secondary N) is 2. The summed E-state index contributed by atoms with van der Waals surface area (Å²) in [4.78, 5) is 24.2. The molecule has 5 nitrogen and oxygen atoms in total. The maximum atomic E-state index is 12.5. The molecule has 1 aromatic rings. The van der Waals surface area contributed by atoms with E-state index in [-0.39, 0.29) is 24.3 Å². The zero-order valence-corrected chi connectivity index (χ0v) is 14.8. The fraction of sp³-hybridized carbons (Fsp3) is 0.579. The normalized spacial score (nSPS) is 17.9. The number of ether oxygens (including phenoxy) is 1. The predicted octanol–water partition coefficient (Wildman–Crippen LogP) is 2.01. The molecule has 0 saturated heterocycles. The van der Waals surface area contributed by atoms with Gasteiger partial charge in [-0.3, -0.25) is 9.59 Å². The molecule has 0 saturated carbocycles. The molecule has 1 aliphatic carbocycles. The molecule has 1 aliphatic rings. The number of hydrogen-bond acceptors (Lipinski definition) is 3. The average molecular weight is 332 g/mol. The first-order valence-corrected chi connectivity index (χ1v) is 8.66. The van der Waals surface area contributed by atoms with Gasteiger partial charge in [0.1, 0.15) is 12.6 Å². The van der Waals surface area contributed by atoms with Crippen molar-refractivity contribution in [3.8, 4) is 0 Å². The van der Waals surface area contributed by atoms with Crippen LogP contribution in [-0.2, 0) is 20.7 Å². The minimum absolute atomic E-state index is 0.0180. The molecule has 5 heteroatoms. The fourth-order valence-electron chi connectivity index (χ4n) is 3.28. The fourth-order valence-corrected chi connectivity index (χ4v) is 3.28. The minimum atomic E-state index is -0.536. The second-order valence-corrected chi connectivity index (χ2v) is 6.76. The molecule has 0 radical (unpaired) electrons. The lowest BCUT2D eigenvalue weighted by molar-refractivity contribution is -0.132. The topological polar surface area (TPSA) is 67.4 Å². The van der Waals surface area contributed by atoms with Gasteiger partial charge in [-0.1, -0.05) is 38.1 Å². The third kappa shape index (κ3) is 4.81. The second-order valence-electron chi connectivity index (χ2n) is 6.76. The van der Waals surface area contributed by atoms with Gasteiger partial charge in [0.2, 0.25) is 11.8 Å². The van der Waals surface area contributed by atoms with E-state index in [0.29, 0.717) is 12.5 Å². The van der Waals surface area contributed by atoms with Crippen molar-refractivity contribution in [2.24, 2.45) is 5.92 Å². The molecule has 0 fully saturated rings. The lowest BCUT2D eigenvalue weighted by Gasteiger charge is -2.27. The van der Waals surface area contributed by atoms with Gasteiger partial charge in [-0.2, -0.15) is 0 Å². The molecule has 1 aromatic carbocycles. The Labute approximate surface area is 144 Å². The summed E-state index contributed by atoms with van der Waals surface area (Å²) in [7, 11) is 1.46.